The first-order valence-electron chi connectivity index (χ1n) is 9.40. The number of rotatable bonds is 2. The topological polar surface area (TPSA) is 69.8 Å². The lowest BCUT2D eigenvalue weighted by molar-refractivity contribution is -0.120. The summed E-state index contributed by atoms with van der Waals surface area (Å²) in [6.45, 7) is 5.59. The Bertz CT molecular complexity index is 952. The minimum Gasteiger partial charge on any atom is -0.337 e. The SMILES string of the molecule is CC(C)C1=NC(N2CCN(C(=O)c3cc4ccccn4c3)CC2)=NC(=O)C1F. The summed E-state index contributed by atoms with van der Waals surface area (Å²) in [7, 11) is 0. The van der Waals surface area contributed by atoms with E-state index >= 15 is 0 Å². The number of piperazine rings is 1. The van der Waals surface area contributed by atoms with Crippen LogP contribution >= 0.6 is 0 Å². The molecule has 1 atom stereocenters. The van der Waals surface area contributed by atoms with Gasteiger partial charge in [-0.1, -0.05) is 19.9 Å². The number of carbonyl (C=O) groups excluding carboxylic acids is 2. The number of hydrogen-bond donors (Lipinski definition) is 0. The van der Waals surface area contributed by atoms with Gasteiger partial charge in [-0.25, -0.2) is 9.38 Å². The lowest BCUT2D eigenvalue weighted by Gasteiger charge is -2.36. The molecule has 2 amide bonds. The zero-order chi connectivity index (χ0) is 19.8. The Morgan fingerprint density at radius 2 is 1.93 bits per heavy atom. The van der Waals surface area contributed by atoms with Gasteiger partial charge in [0, 0.05) is 44.1 Å². The van der Waals surface area contributed by atoms with Crippen molar-refractivity contribution in [3.8, 4) is 0 Å². The van der Waals surface area contributed by atoms with Crippen LogP contribution < -0.4 is 0 Å². The maximum atomic E-state index is 14.0. The average Bonchev–Trinajstić information content (AvgIpc) is 3.13. The zero-order valence-electron chi connectivity index (χ0n) is 15.9. The quantitative estimate of drug-likeness (QED) is 0.797. The molecule has 28 heavy (non-hydrogen) atoms. The highest BCUT2D eigenvalue weighted by molar-refractivity contribution is 6.18. The first kappa shape index (κ1) is 18.3. The second-order valence-electron chi connectivity index (χ2n) is 7.34. The van der Waals surface area contributed by atoms with Crippen molar-refractivity contribution in [2.24, 2.45) is 15.9 Å². The number of aliphatic imine (C=N–C) groups is 2. The Morgan fingerprint density at radius 3 is 2.61 bits per heavy atom. The average molecular weight is 383 g/mol. The van der Waals surface area contributed by atoms with Crippen LogP contribution in [0.2, 0.25) is 0 Å². The van der Waals surface area contributed by atoms with Crippen LogP contribution in [0.4, 0.5) is 4.39 Å². The lowest BCUT2D eigenvalue weighted by Crippen LogP contribution is -2.51. The van der Waals surface area contributed by atoms with Crippen LogP contribution in [0, 0.1) is 5.92 Å². The van der Waals surface area contributed by atoms with Crippen molar-refractivity contribution in [3.05, 3.63) is 42.2 Å². The van der Waals surface area contributed by atoms with Crippen molar-refractivity contribution in [1.29, 1.82) is 0 Å². The third kappa shape index (κ3) is 3.30. The molecular formula is C20H22FN5O2. The summed E-state index contributed by atoms with van der Waals surface area (Å²) in [4.78, 5) is 36.4. The third-order valence-electron chi connectivity index (χ3n) is 5.11. The molecule has 1 unspecified atom stereocenters. The minimum absolute atomic E-state index is 0.0276. The van der Waals surface area contributed by atoms with Crippen LogP contribution in [-0.2, 0) is 4.79 Å². The van der Waals surface area contributed by atoms with E-state index in [2.05, 4.69) is 9.98 Å². The van der Waals surface area contributed by atoms with Crippen molar-refractivity contribution < 1.29 is 14.0 Å². The Balaban J connectivity index is 1.45. The van der Waals surface area contributed by atoms with Crippen LogP contribution in [0.1, 0.15) is 24.2 Å². The van der Waals surface area contributed by atoms with E-state index in [-0.39, 0.29) is 23.5 Å². The number of pyridine rings is 1. The number of aromatic nitrogens is 1. The van der Waals surface area contributed by atoms with Crippen LogP contribution in [0.25, 0.3) is 5.52 Å². The van der Waals surface area contributed by atoms with Gasteiger partial charge >= 0.3 is 0 Å². The number of hydrogen-bond acceptors (Lipinski definition) is 4. The molecular weight excluding hydrogens is 361 g/mol. The van der Waals surface area contributed by atoms with Gasteiger partial charge in [0.1, 0.15) is 0 Å². The summed E-state index contributed by atoms with van der Waals surface area (Å²) in [5.74, 6) is -0.742. The maximum absolute atomic E-state index is 14.0. The number of nitrogens with zero attached hydrogens (tertiary/aromatic N) is 5. The van der Waals surface area contributed by atoms with Crippen molar-refractivity contribution in [1.82, 2.24) is 14.2 Å². The van der Waals surface area contributed by atoms with Gasteiger partial charge in [0.05, 0.1) is 11.3 Å². The van der Waals surface area contributed by atoms with E-state index in [1.165, 1.54) is 0 Å². The molecule has 2 aromatic heterocycles. The number of alkyl halides is 1. The van der Waals surface area contributed by atoms with Crippen LogP contribution in [0.5, 0.6) is 0 Å². The molecule has 4 heterocycles. The van der Waals surface area contributed by atoms with Gasteiger partial charge in [-0.2, -0.15) is 4.99 Å². The molecule has 0 aromatic carbocycles. The molecule has 0 radical (unpaired) electrons. The predicted octanol–water partition coefficient (Wildman–Crippen LogP) is 2.03. The minimum atomic E-state index is -1.75. The first-order chi connectivity index (χ1) is 13.4. The molecule has 2 aliphatic heterocycles. The highest BCUT2D eigenvalue weighted by atomic mass is 19.1. The lowest BCUT2D eigenvalue weighted by atomic mass is 10.0. The van der Waals surface area contributed by atoms with E-state index in [1.807, 2.05) is 46.0 Å². The highest BCUT2D eigenvalue weighted by Gasteiger charge is 2.33. The summed E-state index contributed by atoms with van der Waals surface area (Å²) >= 11 is 0. The molecule has 4 rings (SSSR count). The Kier molecular flexibility index (Phi) is 4.70. The molecule has 0 bridgehead atoms. The second-order valence-corrected chi connectivity index (χ2v) is 7.34. The van der Waals surface area contributed by atoms with Crippen molar-refractivity contribution in [3.63, 3.8) is 0 Å². The highest BCUT2D eigenvalue weighted by Crippen LogP contribution is 2.17. The fourth-order valence-corrected chi connectivity index (χ4v) is 3.51. The molecule has 0 spiro atoms. The van der Waals surface area contributed by atoms with Gasteiger partial charge in [-0.3, -0.25) is 9.59 Å². The van der Waals surface area contributed by atoms with Crippen molar-refractivity contribution in [2.45, 2.75) is 20.0 Å². The third-order valence-corrected chi connectivity index (χ3v) is 5.11. The molecule has 7 nitrogen and oxygen atoms in total. The molecule has 0 saturated carbocycles. The first-order valence-corrected chi connectivity index (χ1v) is 9.40. The van der Waals surface area contributed by atoms with E-state index in [1.54, 1.807) is 18.7 Å². The summed E-state index contributed by atoms with van der Waals surface area (Å²) in [6, 6.07) is 7.68. The summed E-state index contributed by atoms with van der Waals surface area (Å²) in [5, 5.41) is 0. The number of amides is 2. The fraction of sp³-hybridized carbons (Fsp3) is 0.400. The van der Waals surface area contributed by atoms with Crippen LogP contribution in [0.15, 0.2) is 46.6 Å². The Labute approximate surface area is 162 Å². The molecule has 0 N–H and O–H groups in total. The van der Waals surface area contributed by atoms with Crippen molar-refractivity contribution in [2.75, 3.05) is 26.2 Å². The molecule has 0 aliphatic carbocycles. The van der Waals surface area contributed by atoms with E-state index in [4.69, 9.17) is 0 Å². The number of halogens is 1. The van der Waals surface area contributed by atoms with E-state index in [9.17, 15) is 14.0 Å². The summed E-state index contributed by atoms with van der Waals surface area (Å²) in [6.07, 6.45) is 1.98. The van der Waals surface area contributed by atoms with Gasteiger partial charge in [-0.15, -0.1) is 0 Å². The summed E-state index contributed by atoms with van der Waals surface area (Å²) < 4.78 is 15.9. The standard InChI is InChI=1S/C20H22FN5O2/c1-13(2)17-16(21)18(27)23-20(22-17)25-9-7-24(8-10-25)19(28)14-11-15-5-3-4-6-26(15)12-14/h3-6,11-13,16H,7-10H2,1-2H3. The fourth-order valence-electron chi connectivity index (χ4n) is 3.51. The predicted molar refractivity (Wildman–Crippen MR) is 104 cm³/mol. The number of guanidine groups is 1. The number of fused-ring (bicyclic) bond motifs is 1. The van der Waals surface area contributed by atoms with Crippen LogP contribution in [-0.4, -0.2) is 70.0 Å². The normalized spacial score (nSPS) is 20.6. The second kappa shape index (κ2) is 7.18. The van der Waals surface area contributed by atoms with Gasteiger partial charge in [0.15, 0.2) is 0 Å². The molecule has 2 aromatic rings. The van der Waals surface area contributed by atoms with Gasteiger partial charge < -0.3 is 14.2 Å². The zero-order valence-corrected chi connectivity index (χ0v) is 15.9. The largest absolute Gasteiger partial charge is 0.337 e. The Morgan fingerprint density at radius 1 is 1.18 bits per heavy atom. The van der Waals surface area contributed by atoms with Gasteiger partial charge in [0.2, 0.25) is 12.1 Å². The molecule has 8 heteroatoms. The van der Waals surface area contributed by atoms with Crippen LogP contribution in [0.3, 0.4) is 0 Å². The van der Waals surface area contributed by atoms with Crippen molar-refractivity contribution >= 4 is 29.0 Å². The smallest absolute Gasteiger partial charge is 0.289 e. The van der Waals surface area contributed by atoms with Gasteiger partial charge in [0.25, 0.3) is 11.8 Å². The van der Waals surface area contributed by atoms with Gasteiger partial charge in [-0.05, 0) is 24.1 Å². The monoisotopic (exact) mass is 383 g/mol. The maximum Gasteiger partial charge on any atom is 0.289 e. The van der Waals surface area contributed by atoms with E-state index in [0.717, 1.165) is 5.52 Å². The Hall–Kier alpha value is -3.03. The molecule has 146 valence electrons. The van der Waals surface area contributed by atoms with E-state index in [0.29, 0.717) is 31.7 Å². The summed E-state index contributed by atoms with van der Waals surface area (Å²) in [5.41, 5.74) is 1.83. The molecule has 2 aliphatic rings. The molecule has 1 fully saturated rings. The molecule has 1 saturated heterocycles. The number of carbonyl (C=O) groups is 2. The van der Waals surface area contributed by atoms with E-state index < -0.39 is 12.1 Å².